The molecule has 4 heterocycles. The van der Waals surface area contributed by atoms with Gasteiger partial charge in [0.2, 0.25) is 0 Å². The largest absolute Gasteiger partial charge is 0.383 e. The lowest BCUT2D eigenvalue weighted by atomic mass is 10.1. The van der Waals surface area contributed by atoms with E-state index in [0.29, 0.717) is 11.9 Å². The zero-order chi connectivity index (χ0) is 16.8. The maximum absolute atomic E-state index is 6.22. The molecule has 0 saturated carbocycles. The van der Waals surface area contributed by atoms with Crippen molar-refractivity contribution in [3.8, 4) is 11.3 Å². The Hall–Kier alpha value is -2.93. The monoisotopic (exact) mass is 334 g/mol. The molecule has 4 aromatic rings. The first-order chi connectivity index (χ1) is 12.3. The third-order valence-electron chi connectivity index (χ3n) is 4.88. The molecule has 3 N–H and O–H groups in total. The third kappa shape index (κ3) is 2.35. The molecule has 7 heteroatoms. The molecule has 0 unspecified atom stereocenters. The van der Waals surface area contributed by atoms with Gasteiger partial charge in [0, 0.05) is 36.6 Å². The van der Waals surface area contributed by atoms with E-state index in [1.54, 1.807) is 6.20 Å². The van der Waals surface area contributed by atoms with Crippen molar-refractivity contribution >= 4 is 27.6 Å². The van der Waals surface area contributed by atoms with Crippen LogP contribution in [-0.4, -0.2) is 38.2 Å². The minimum Gasteiger partial charge on any atom is -0.383 e. The highest BCUT2D eigenvalue weighted by Crippen LogP contribution is 2.31. The van der Waals surface area contributed by atoms with E-state index in [1.165, 1.54) is 0 Å². The Morgan fingerprint density at radius 3 is 2.84 bits per heavy atom. The Morgan fingerprint density at radius 2 is 2.04 bits per heavy atom. The number of hydrogen-bond donors (Lipinski definition) is 2. The van der Waals surface area contributed by atoms with E-state index in [9.17, 15) is 0 Å². The van der Waals surface area contributed by atoms with Crippen LogP contribution in [0.2, 0.25) is 0 Å². The molecule has 1 aromatic carbocycles. The van der Waals surface area contributed by atoms with E-state index in [-0.39, 0.29) is 0 Å². The molecule has 0 atom stereocenters. The average molecular weight is 334 g/mol. The third-order valence-corrected chi connectivity index (χ3v) is 4.88. The minimum absolute atomic E-state index is 0.361. The van der Waals surface area contributed by atoms with Crippen molar-refractivity contribution in [1.82, 2.24) is 25.0 Å². The molecule has 1 aliphatic rings. The van der Waals surface area contributed by atoms with Crippen molar-refractivity contribution in [2.24, 2.45) is 0 Å². The zero-order valence-electron chi connectivity index (χ0n) is 13.6. The van der Waals surface area contributed by atoms with E-state index in [4.69, 9.17) is 15.6 Å². The van der Waals surface area contributed by atoms with Crippen molar-refractivity contribution in [3.05, 3.63) is 36.7 Å². The SMILES string of the molecule is Nc1nc2cc(-c3ccn[nH]3)ccc2c2nn(C3CCOCC3)cc12. The predicted octanol–water partition coefficient (Wildman–Crippen LogP) is 2.91. The standard InChI is InChI=1S/C18H18N6O/c19-18-14-10-24(12-4-7-25-8-5-12)23-17(14)13-2-1-11(9-16(13)21-18)15-3-6-20-22-15/h1-3,6,9-10,12H,4-5,7-8H2,(H2,19,21)(H,20,22). The number of H-pyrrole nitrogens is 1. The van der Waals surface area contributed by atoms with Crippen molar-refractivity contribution in [3.63, 3.8) is 0 Å². The highest BCUT2D eigenvalue weighted by atomic mass is 16.5. The highest BCUT2D eigenvalue weighted by Gasteiger charge is 2.19. The van der Waals surface area contributed by atoms with Gasteiger partial charge < -0.3 is 10.5 Å². The van der Waals surface area contributed by atoms with Gasteiger partial charge >= 0.3 is 0 Å². The fraction of sp³-hybridized carbons (Fsp3) is 0.278. The van der Waals surface area contributed by atoms with Gasteiger partial charge in [0.25, 0.3) is 0 Å². The number of pyridine rings is 1. The van der Waals surface area contributed by atoms with Crippen LogP contribution in [-0.2, 0) is 4.74 Å². The fourth-order valence-corrected chi connectivity index (χ4v) is 3.51. The molecule has 0 spiro atoms. The first kappa shape index (κ1) is 14.4. The van der Waals surface area contributed by atoms with E-state index in [1.807, 2.05) is 23.0 Å². The molecule has 1 saturated heterocycles. The second-order valence-electron chi connectivity index (χ2n) is 6.41. The summed E-state index contributed by atoms with van der Waals surface area (Å²) in [6, 6.07) is 8.43. The molecule has 0 amide bonds. The molecule has 3 aromatic heterocycles. The van der Waals surface area contributed by atoms with Crippen LogP contribution in [0.25, 0.3) is 33.1 Å². The molecule has 126 valence electrons. The number of nitrogens with zero attached hydrogens (tertiary/aromatic N) is 4. The first-order valence-electron chi connectivity index (χ1n) is 8.45. The number of aromatic nitrogens is 5. The number of nitrogens with two attached hydrogens (primary N) is 1. The van der Waals surface area contributed by atoms with Gasteiger partial charge in [0.05, 0.1) is 22.6 Å². The lowest BCUT2D eigenvalue weighted by Gasteiger charge is -2.22. The number of nitrogen functional groups attached to an aromatic ring is 1. The normalized spacial score (nSPS) is 16.0. The number of rotatable bonds is 2. The van der Waals surface area contributed by atoms with Gasteiger partial charge in [0.1, 0.15) is 11.3 Å². The molecular weight excluding hydrogens is 316 g/mol. The van der Waals surface area contributed by atoms with Gasteiger partial charge in [-0.1, -0.05) is 6.07 Å². The fourth-order valence-electron chi connectivity index (χ4n) is 3.51. The van der Waals surface area contributed by atoms with Gasteiger partial charge in [-0.15, -0.1) is 0 Å². The Kier molecular flexibility index (Phi) is 3.21. The lowest BCUT2D eigenvalue weighted by Crippen LogP contribution is -2.19. The van der Waals surface area contributed by atoms with Crippen LogP contribution < -0.4 is 5.73 Å². The predicted molar refractivity (Wildman–Crippen MR) is 96.1 cm³/mol. The molecule has 0 radical (unpaired) electrons. The van der Waals surface area contributed by atoms with Gasteiger partial charge in [-0.2, -0.15) is 10.2 Å². The summed E-state index contributed by atoms with van der Waals surface area (Å²) in [6.07, 6.45) is 5.71. The second kappa shape index (κ2) is 5.56. The maximum Gasteiger partial charge on any atom is 0.135 e. The Labute approximate surface area is 143 Å². The molecule has 5 rings (SSSR count). The molecule has 7 nitrogen and oxygen atoms in total. The molecule has 1 fully saturated rings. The number of ether oxygens (including phenoxy) is 1. The number of aromatic amines is 1. The summed E-state index contributed by atoms with van der Waals surface area (Å²) in [5, 5.41) is 13.7. The van der Waals surface area contributed by atoms with Crippen molar-refractivity contribution < 1.29 is 4.74 Å². The number of anilines is 1. The lowest BCUT2D eigenvalue weighted by molar-refractivity contribution is 0.0664. The van der Waals surface area contributed by atoms with E-state index in [0.717, 1.165) is 59.1 Å². The summed E-state index contributed by atoms with van der Waals surface area (Å²) in [5.41, 5.74) is 9.96. The van der Waals surface area contributed by atoms with Crippen LogP contribution in [0.15, 0.2) is 36.7 Å². The van der Waals surface area contributed by atoms with E-state index < -0.39 is 0 Å². The van der Waals surface area contributed by atoms with Crippen molar-refractivity contribution in [2.45, 2.75) is 18.9 Å². The molecule has 0 bridgehead atoms. The highest BCUT2D eigenvalue weighted by molar-refractivity contribution is 6.08. The second-order valence-corrected chi connectivity index (χ2v) is 6.41. The van der Waals surface area contributed by atoms with Crippen LogP contribution in [0.3, 0.4) is 0 Å². The van der Waals surface area contributed by atoms with Crippen LogP contribution in [0.4, 0.5) is 5.82 Å². The van der Waals surface area contributed by atoms with E-state index >= 15 is 0 Å². The Morgan fingerprint density at radius 1 is 1.16 bits per heavy atom. The van der Waals surface area contributed by atoms with Crippen LogP contribution in [0.1, 0.15) is 18.9 Å². The van der Waals surface area contributed by atoms with Crippen molar-refractivity contribution in [1.29, 1.82) is 0 Å². The summed E-state index contributed by atoms with van der Waals surface area (Å²) in [5.74, 6) is 0.516. The zero-order valence-corrected chi connectivity index (χ0v) is 13.6. The molecule has 0 aliphatic carbocycles. The molecular formula is C18H18N6O. The van der Waals surface area contributed by atoms with Crippen LogP contribution in [0, 0.1) is 0 Å². The number of hydrogen-bond acceptors (Lipinski definition) is 5. The maximum atomic E-state index is 6.22. The average Bonchev–Trinajstić information content (AvgIpc) is 3.32. The van der Waals surface area contributed by atoms with Gasteiger partial charge in [-0.05, 0) is 31.0 Å². The van der Waals surface area contributed by atoms with Crippen LogP contribution >= 0.6 is 0 Å². The molecule has 1 aliphatic heterocycles. The summed E-state index contributed by atoms with van der Waals surface area (Å²) < 4.78 is 7.49. The smallest absolute Gasteiger partial charge is 0.135 e. The Balaban J connectivity index is 1.67. The van der Waals surface area contributed by atoms with Crippen molar-refractivity contribution in [2.75, 3.05) is 18.9 Å². The number of benzene rings is 1. The minimum atomic E-state index is 0.361. The summed E-state index contributed by atoms with van der Waals surface area (Å²) in [4.78, 5) is 4.60. The van der Waals surface area contributed by atoms with Gasteiger partial charge in [0.15, 0.2) is 0 Å². The van der Waals surface area contributed by atoms with Gasteiger partial charge in [-0.3, -0.25) is 9.78 Å². The van der Waals surface area contributed by atoms with Gasteiger partial charge in [-0.25, -0.2) is 4.98 Å². The summed E-state index contributed by atoms with van der Waals surface area (Å²) in [6.45, 7) is 1.56. The quantitative estimate of drug-likeness (QED) is 0.588. The number of fused-ring (bicyclic) bond motifs is 3. The topological polar surface area (TPSA) is 94.6 Å². The summed E-state index contributed by atoms with van der Waals surface area (Å²) >= 11 is 0. The molecule has 25 heavy (non-hydrogen) atoms. The number of nitrogens with one attached hydrogen (secondary N) is 1. The van der Waals surface area contributed by atoms with Crippen LogP contribution in [0.5, 0.6) is 0 Å². The first-order valence-corrected chi connectivity index (χ1v) is 8.45. The van der Waals surface area contributed by atoms with E-state index in [2.05, 4.69) is 27.3 Å². The Bertz CT molecular complexity index is 1050. The summed E-state index contributed by atoms with van der Waals surface area (Å²) in [7, 11) is 0.